The Morgan fingerprint density at radius 1 is 1.48 bits per heavy atom. The van der Waals surface area contributed by atoms with Crippen molar-refractivity contribution in [2.24, 2.45) is 5.92 Å². The van der Waals surface area contributed by atoms with E-state index in [0.717, 1.165) is 25.2 Å². The monoisotopic (exact) mass is 313 g/mol. The molecule has 2 rings (SSSR count). The van der Waals surface area contributed by atoms with E-state index in [1.807, 2.05) is 17.8 Å². The topological polar surface area (TPSA) is 45.3 Å². The van der Waals surface area contributed by atoms with Crippen molar-refractivity contribution in [3.63, 3.8) is 0 Å². The van der Waals surface area contributed by atoms with E-state index in [1.54, 1.807) is 12.1 Å². The fourth-order valence-electron chi connectivity index (χ4n) is 2.59. The predicted molar refractivity (Wildman–Crippen MR) is 86.2 cm³/mol. The van der Waals surface area contributed by atoms with Gasteiger partial charge in [-0.3, -0.25) is 5.43 Å². The van der Waals surface area contributed by atoms with Crippen molar-refractivity contribution in [3.05, 3.63) is 29.6 Å². The molecule has 0 aliphatic carbocycles. The van der Waals surface area contributed by atoms with E-state index >= 15 is 0 Å². The van der Waals surface area contributed by atoms with Gasteiger partial charge in [0.15, 0.2) is 11.6 Å². The van der Waals surface area contributed by atoms with Crippen LogP contribution in [-0.2, 0) is 0 Å². The van der Waals surface area contributed by atoms with Gasteiger partial charge in [0.1, 0.15) is 0 Å². The summed E-state index contributed by atoms with van der Waals surface area (Å²) in [4.78, 5) is 0. The zero-order valence-electron chi connectivity index (χ0n) is 12.6. The summed E-state index contributed by atoms with van der Waals surface area (Å²) < 4.78 is 18.8. The van der Waals surface area contributed by atoms with Gasteiger partial charge in [0.2, 0.25) is 0 Å². The van der Waals surface area contributed by atoms with Crippen molar-refractivity contribution < 1.29 is 9.13 Å². The van der Waals surface area contributed by atoms with Crippen LogP contribution < -0.4 is 20.9 Å². The van der Waals surface area contributed by atoms with Crippen LogP contribution in [0.5, 0.6) is 5.75 Å². The molecule has 1 fully saturated rings. The highest BCUT2D eigenvalue weighted by molar-refractivity contribution is 7.98. The number of nitrogens with one attached hydrogen (secondary N) is 3. The first kappa shape index (κ1) is 16.5. The lowest BCUT2D eigenvalue weighted by Gasteiger charge is -2.20. The van der Waals surface area contributed by atoms with E-state index in [0.29, 0.717) is 5.92 Å². The highest BCUT2D eigenvalue weighted by Gasteiger charge is 2.28. The minimum atomic E-state index is -0.310. The van der Waals surface area contributed by atoms with Crippen LogP contribution in [-0.4, -0.2) is 38.8 Å². The maximum atomic E-state index is 13.8. The van der Waals surface area contributed by atoms with Crippen LogP contribution in [0.3, 0.4) is 0 Å². The Morgan fingerprint density at radius 3 is 3.05 bits per heavy atom. The molecule has 0 amide bonds. The number of hydrogen-bond donors (Lipinski definition) is 3. The third-order valence-electron chi connectivity index (χ3n) is 3.74. The van der Waals surface area contributed by atoms with Crippen LogP contribution in [0.4, 0.5) is 4.39 Å². The van der Waals surface area contributed by atoms with E-state index in [4.69, 9.17) is 4.74 Å². The molecule has 1 heterocycles. The fraction of sp³-hybridized carbons (Fsp3) is 0.600. The Balaban J connectivity index is 1.90. The lowest BCUT2D eigenvalue weighted by molar-refractivity contribution is 0.384. The first-order chi connectivity index (χ1) is 10.3. The molecule has 1 aliphatic heterocycles. The molecule has 3 N–H and O–H groups in total. The van der Waals surface area contributed by atoms with E-state index < -0.39 is 0 Å². The van der Waals surface area contributed by atoms with Crippen LogP contribution in [0.1, 0.15) is 18.0 Å². The second kappa shape index (κ2) is 8.58. The zero-order chi connectivity index (χ0) is 15.1. The number of benzene rings is 1. The average molecular weight is 313 g/mol. The molecule has 1 saturated heterocycles. The highest BCUT2D eigenvalue weighted by Crippen LogP contribution is 2.28. The van der Waals surface area contributed by atoms with Gasteiger partial charge < -0.3 is 10.1 Å². The highest BCUT2D eigenvalue weighted by atomic mass is 32.2. The van der Waals surface area contributed by atoms with Crippen LogP contribution in [0, 0.1) is 11.7 Å². The van der Waals surface area contributed by atoms with Gasteiger partial charge in [0.25, 0.3) is 0 Å². The van der Waals surface area contributed by atoms with Gasteiger partial charge in [-0.1, -0.05) is 6.07 Å². The summed E-state index contributed by atoms with van der Waals surface area (Å²) in [6.07, 6.45) is 3.30. The Morgan fingerprint density at radius 2 is 2.33 bits per heavy atom. The standard InChI is InChI=1S/C15H24FN3OS/c1-20-14-5-4-11(8-13(14)16)15-12(10-18-19-15)9-17-6-3-7-21-2/h4-5,8,12,15,17-19H,3,6-7,9-10H2,1-2H3. The molecule has 0 aromatic heterocycles. The van der Waals surface area contributed by atoms with Gasteiger partial charge in [-0.05, 0) is 42.7 Å². The lowest BCUT2D eigenvalue weighted by Crippen LogP contribution is -2.29. The molecule has 21 heavy (non-hydrogen) atoms. The number of ether oxygens (including phenoxy) is 1. The SMILES string of the molecule is COc1ccc(C2NNCC2CNCCCSC)cc1F. The molecule has 0 saturated carbocycles. The molecule has 2 unspecified atom stereocenters. The fourth-order valence-corrected chi connectivity index (χ4v) is 3.02. The van der Waals surface area contributed by atoms with Gasteiger partial charge in [0.05, 0.1) is 13.2 Å². The number of rotatable bonds is 8. The summed E-state index contributed by atoms with van der Waals surface area (Å²) in [5.41, 5.74) is 7.36. The predicted octanol–water partition coefficient (Wildman–Crippen LogP) is 1.94. The first-order valence-corrected chi connectivity index (χ1v) is 8.67. The largest absolute Gasteiger partial charge is 0.494 e. The van der Waals surface area contributed by atoms with Crippen molar-refractivity contribution >= 4 is 11.8 Å². The van der Waals surface area contributed by atoms with E-state index in [9.17, 15) is 4.39 Å². The quantitative estimate of drug-likeness (QED) is 0.640. The molecule has 0 spiro atoms. The molecular formula is C15H24FN3OS. The van der Waals surface area contributed by atoms with Gasteiger partial charge in [-0.25, -0.2) is 9.82 Å². The molecule has 118 valence electrons. The Kier molecular flexibility index (Phi) is 6.76. The average Bonchev–Trinajstić information content (AvgIpc) is 2.95. The lowest BCUT2D eigenvalue weighted by atomic mass is 9.94. The molecule has 2 atom stereocenters. The van der Waals surface area contributed by atoms with Crippen molar-refractivity contribution in [1.29, 1.82) is 0 Å². The summed E-state index contributed by atoms with van der Waals surface area (Å²) in [7, 11) is 1.48. The van der Waals surface area contributed by atoms with Crippen LogP contribution in [0.2, 0.25) is 0 Å². The Hall–Kier alpha value is -0.820. The van der Waals surface area contributed by atoms with E-state index in [2.05, 4.69) is 22.4 Å². The number of halogens is 1. The second-order valence-corrected chi connectivity index (χ2v) is 6.19. The van der Waals surface area contributed by atoms with Crippen LogP contribution in [0.25, 0.3) is 0 Å². The summed E-state index contributed by atoms with van der Waals surface area (Å²) in [5, 5.41) is 3.49. The van der Waals surface area contributed by atoms with Gasteiger partial charge >= 0.3 is 0 Å². The number of methoxy groups -OCH3 is 1. The number of hydrazine groups is 1. The van der Waals surface area contributed by atoms with Crippen molar-refractivity contribution in [2.75, 3.05) is 38.8 Å². The molecule has 1 aliphatic rings. The first-order valence-electron chi connectivity index (χ1n) is 7.27. The van der Waals surface area contributed by atoms with Crippen LogP contribution in [0.15, 0.2) is 18.2 Å². The van der Waals surface area contributed by atoms with Gasteiger partial charge in [0, 0.05) is 19.0 Å². The summed E-state index contributed by atoms with van der Waals surface area (Å²) >= 11 is 1.87. The molecule has 0 bridgehead atoms. The maximum Gasteiger partial charge on any atom is 0.165 e. The van der Waals surface area contributed by atoms with Gasteiger partial charge in [-0.2, -0.15) is 11.8 Å². The maximum absolute atomic E-state index is 13.8. The van der Waals surface area contributed by atoms with Gasteiger partial charge in [-0.15, -0.1) is 0 Å². The minimum absolute atomic E-state index is 0.124. The molecule has 1 aromatic carbocycles. The third-order valence-corrected chi connectivity index (χ3v) is 4.43. The zero-order valence-corrected chi connectivity index (χ0v) is 13.4. The minimum Gasteiger partial charge on any atom is -0.494 e. The van der Waals surface area contributed by atoms with Crippen molar-refractivity contribution in [2.45, 2.75) is 12.5 Å². The summed E-state index contributed by atoms with van der Waals surface area (Å²) in [6, 6.07) is 5.30. The van der Waals surface area contributed by atoms with E-state index in [1.165, 1.54) is 19.3 Å². The molecule has 4 nitrogen and oxygen atoms in total. The normalized spacial score (nSPS) is 21.7. The van der Waals surface area contributed by atoms with Crippen molar-refractivity contribution in [3.8, 4) is 5.75 Å². The molecule has 0 radical (unpaired) electrons. The smallest absolute Gasteiger partial charge is 0.165 e. The summed E-state index contributed by atoms with van der Waals surface area (Å²) in [6.45, 7) is 2.83. The Bertz CT molecular complexity index is 447. The van der Waals surface area contributed by atoms with Crippen LogP contribution >= 0.6 is 11.8 Å². The number of thioether (sulfide) groups is 1. The third kappa shape index (κ3) is 4.57. The van der Waals surface area contributed by atoms with Crippen molar-refractivity contribution in [1.82, 2.24) is 16.2 Å². The summed E-state index contributed by atoms with van der Waals surface area (Å²) in [5.74, 6) is 1.57. The second-order valence-electron chi connectivity index (χ2n) is 5.21. The van der Waals surface area contributed by atoms with E-state index in [-0.39, 0.29) is 17.6 Å². The molecule has 1 aromatic rings. The molecule has 6 heteroatoms. The number of hydrogen-bond acceptors (Lipinski definition) is 5. The Labute approximate surface area is 130 Å². The molecular weight excluding hydrogens is 289 g/mol.